The summed E-state index contributed by atoms with van der Waals surface area (Å²) in [5.41, 5.74) is 0.341. The van der Waals surface area contributed by atoms with Gasteiger partial charge in [0.1, 0.15) is 11.3 Å². The number of nitro benzene ring substituents is 1. The van der Waals surface area contributed by atoms with E-state index >= 15 is 0 Å². The average molecular weight is 406 g/mol. The fraction of sp³-hybridized carbons (Fsp3) is 0.350. The van der Waals surface area contributed by atoms with Crippen LogP contribution in [-0.2, 0) is 6.54 Å². The number of nitrogens with zero attached hydrogens (tertiary/aromatic N) is 3. The van der Waals surface area contributed by atoms with Crippen LogP contribution < -0.4 is 0 Å². The predicted octanol–water partition coefficient (Wildman–Crippen LogP) is 6.12. The standard InChI is InChI=1S/C20H18ClF2N3O2/c21-13-6-7-14(17(10-13)26(27)28)20-24-19-16(9-8-15(22)18(19)23)25(20)11-12-4-2-1-3-5-12/h6-10,12H,1-5,11H2. The summed E-state index contributed by atoms with van der Waals surface area (Å²) in [6, 6.07) is 6.84. The highest BCUT2D eigenvalue weighted by atomic mass is 35.5. The average Bonchev–Trinajstić information content (AvgIpc) is 3.04. The second-order valence-electron chi connectivity index (χ2n) is 7.20. The molecule has 1 saturated carbocycles. The maximum Gasteiger partial charge on any atom is 0.281 e. The number of nitro groups is 1. The normalized spacial score (nSPS) is 15.2. The van der Waals surface area contributed by atoms with Crippen LogP contribution in [0.1, 0.15) is 32.1 Å². The molecule has 3 aromatic rings. The van der Waals surface area contributed by atoms with Crippen LogP contribution in [0.15, 0.2) is 30.3 Å². The minimum atomic E-state index is -1.04. The van der Waals surface area contributed by atoms with Crippen molar-refractivity contribution in [2.75, 3.05) is 0 Å². The van der Waals surface area contributed by atoms with E-state index in [1.807, 2.05) is 0 Å². The molecule has 0 radical (unpaired) electrons. The Bertz CT molecular complexity index is 1060. The fourth-order valence-electron chi connectivity index (χ4n) is 4.00. The number of aromatic nitrogens is 2. The smallest absolute Gasteiger partial charge is 0.281 e. The minimum Gasteiger partial charge on any atom is -0.323 e. The molecular weight excluding hydrogens is 388 g/mol. The van der Waals surface area contributed by atoms with Crippen molar-refractivity contribution in [3.63, 3.8) is 0 Å². The SMILES string of the molecule is O=[N+]([O-])c1cc(Cl)ccc1-c1nc2c(F)c(F)ccc2n1CC1CCCCC1. The van der Waals surface area contributed by atoms with E-state index in [0.29, 0.717) is 18.0 Å². The first-order chi connectivity index (χ1) is 13.5. The topological polar surface area (TPSA) is 61.0 Å². The molecule has 146 valence electrons. The molecule has 1 aromatic heterocycles. The molecule has 2 aromatic carbocycles. The van der Waals surface area contributed by atoms with E-state index < -0.39 is 16.6 Å². The number of benzene rings is 2. The van der Waals surface area contributed by atoms with Gasteiger partial charge in [0.2, 0.25) is 0 Å². The van der Waals surface area contributed by atoms with E-state index in [9.17, 15) is 18.9 Å². The zero-order valence-corrected chi connectivity index (χ0v) is 15.8. The van der Waals surface area contributed by atoms with E-state index in [1.54, 1.807) is 4.57 Å². The van der Waals surface area contributed by atoms with Crippen LogP contribution in [0.4, 0.5) is 14.5 Å². The van der Waals surface area contributed by atoms with E-state index in [-0.39, 0.29) is 27.6 Å². The van der Waals surface area contributed by atoms with E-state index in [0.717, 1.165) is 31.7 Å². The molecule has 0 unspecified atom stereocenters. The Labute approximate surface area is 165 Å². The molecule has 1 aliphatic rings. The van der Waals surface area contributed by atoms with Crippen molar-refractivity contribution >= 4 is 28.3 Å². The summed E-state index contributed by atoms with van der Waals surface area (Å²) in [6.45, 7) is 0.552. The lowest BCUT2D eigenvalue weighted by molar-refractivity contribution is -0.384. The monoisotopic (exact) mass is 405 g/mol. The van der Waals surface area contributed by atoms with Crippen molar-refractivity contribution in [3.8, 4) is 11.4 Å². The van der Waals surface area contributed by atoms with Crippen LogP contribution in [0.5, 0.6) is 0 Å². The molecule has 0 N–H and O–H groups in total. The van der Waals surface area contributed by atoms with Gasteiger partial charge in [-0.15, -0.1) is 0 Å². The Kier molecular flexibility index (Phi) is 5.02. The molecule has 1 fully saturated rings. The summed E-state index contributed by atoms with van der Waals surface area (Å²) in [7, 11) is 0. The zero-order chi connectivity index (χ0) is 19.8. The second kappa shape index (κ2) is 7.47. The van der Waals surface area contributed by atoms with Gasteiger partial charge >= 0.3 is 0 Å². The lowest BCUT2D eigenvalue weighted by atomic mass is 9.89. The Morgan fingerprint density at radius 3 is 2.64 bits per heavy atom. The van der Waals surface area contributed by atoms with Gasteiger partial charge < -0.3 is 4.57 Å². The molecular formula is C20H18ClF2N3O2. The quantitative estimate of drug-likeness (QED) is 0.388. The molecule has 0 atom stereocenters. The highest BCUT2D eigenvalue weighted by Crippen LogP contribution is 2.36. The van der Waals surface area contributed by atoms with Gasteiger partial charge in [0.05, 0.1) is 16.0 Å². The highest BCUT2D eigenvalue weighted by molar-refractivity contribution is 6.30. The van der Waals surface area contributed by atoms with Crippen molar-refractivity contribution in [3.05, 3.63) is 57.1 Å². The third-order valence-electron chi connectivity index (χ3n) is 5.37. The first-order valence-electron chi connectivity index (χ1n) is 9.24. The Balaban J connectivity index is 1.93. The molecule has 0 bridgehead atoms. The number of halogens is 3. The fourth-order valence-corrected chi connectivity index (χ4v) is 4.16. The van der Waals surface area contributed by atoms with E-state index in [4.69, 9.17) is 11.6 Å². The largest absolute Gasteiger partial charge is 0.323 e. The first kappa shape index (κ1) is 18.8. The summed E-state index contributed by atoms with van der Waals surface area (Å²) in [6.07, 6.45) is 5.50. The Morgan fingerprint density at radius 1 is 1.18 bits per heavy atom. The first-order valence-corrected chi connectivity index (χ1v) is 9.62. The lowest BCUT2D eigenvalue weighted by Gasteiger charge is -2.23. The Morgan fingerprint density at radius 2 is 1.93 bits per heavy atom. The van der Waals surface area contributed by atoms with Gasteiger partial charge in [-0.05, 0) is 43.0 Å². The van der Waals surface area contributed by atoms with Gasteiger partial charge in [0.25, 0.3) is 5.69 Å². The molecule has 8 heteroatoms. The lowest BCUT2D eigenvalue weighted by Crippen LogP contribution is -2.15. The molecule has 4 rings (SSSR count). The maximum atomic E-state index is 14.4. The maximum absolute atomic E-state index is 14.4. The predicted molar refractivity (Wildman–Crippen MR) is 103 cm³/mol. The van der Waals surface area contributed by atoms with Gasteiger partial charge in [0, 0.05) is 17.6 Å². The summed E-state index contributed by atoms with van der Waals surface area (Å²) in [5.74, 6) is -1.41. The molecule has 1 heterocycles. The van der Waals surface area contributed by atoms with Crippen molar-refractivity contribution in [2.45, 2.75) is 38.6 Å². The second-order valence-corrected chi connectivity index (χ2v) is 7.63. The molecule has 1 aliphatic carbocycles. The minimum absolute atomic E-state index is 0.116. The summed E-state index contributed by atoms with van der Waals surface area (Å²) in [4.78, 5) is 15.3. The van der Waals surface area contributed by atoms with Gasteiger partial charge in [-0.2, -0.15) is 0 Å². The van der Waals surface area contributed by atoms with Crippen LogP contribution in [0.3, 0.4) is 0 Å². The van der Waals surface area contributed by atoms with Gasteiger partial charge in [-0.1, -0.05) is 30.9 Å². The molecule has 0 aliphatic heterocycles. The summed E-state index contributed by atoms with van der Waals surface area (Å²) >= 11 is 5.93. The van der Waals surface area contributed by atoms with Crippen molar-refractivity contribution < 1.29 is 13.7 Å². The molecule has 0 saturated heterocycles. The molecule has 0 spiro atoms. The molecule has 0 amide bonds. The zero-order valence-electron chi connectivity index (χ0n) is 15.0. The van der Waals surface area contributed by atoms with Crippen molar-refractivity contribution in [2.24, 2.45) is 5.92 Å². The number of imidazole rings is 1. The van der Waals surface area contributed by atoms with Crippen molar-refractivity contribution in [1.29, 1.82) is 0 Å². The number of fused-ring (bicyclic) bond motifs is 1. The van der Waals surface area contributed by atoms with Gasteiger partial charge in [0.15, 0.2) is 11.6 Å². The van der Waals surface area contributed by atoms with Crippen LogP contribution in [0.25, 0.3) is 22.4 Å². The number of hydrogen-bond acceptors (Lipinski definition) is 3. The third-order valence-corrected chi connectivity index (χ3v) is 5.61. The van der Waals surface area contributed by atoms with Crippen LogP contribution in [0, 0.1) is 27.7 Å². The Hall–Kier alpha value is -2.54. The van der Waals surface area contributed by atoms with E-state index in [1.165, 1.54) is 30.7 Å². The molecule has 5 nitrogen and oxygen atoms in total. The number of rotatable bonds is 4. The summed E-state index contributed by atoms with van der Waals surface area (Å²) < 4.78 is 29.9. The van der Waals surface area contributed by atoms with Gasteiger partial charge in [-0.3, -0.25) is 10.1 Å². The number of hydrogen-bond donors (Lipinski definition) is 0. The van der Waals surface area contributed by atoms with Crippen LogP contribution >= 0.6 is 11.6 Å². The summed E-state index contributed by atoms with van der Waals surface area (Å²) in [5, 5.41) is 11.8. The van der Waals surface area contributed by atoms with E-state index in [2.05, 4.69) is 4.98 Å². The van der Waals surface area contributed by atoms with Crippen LogP contribution in [0.2, 0.25) is 5.02 Å². The third kappa shape index (κ3) is 3.35. The highest BCUT2D eigenvalue weighted by Gasteiger charge is 2.26. The van der Waals surface area contributed by atoms with Crippen LogP contribution in [-0.4, -0.2) is 14.5 Å². The van der Waals surface area contributed by atoms with Gasteiger partial charge in [-0.25, -0.2) is 13.8 Å². The van der Waals surface area contributed by atoms with Crippen molar-refractivity contribution in [1.82, 2.24) is 9.55 Å². The molecule has 28 heavy (non-hydrogen) atoms.